The Morgan fingerprint density at radius 3 is 2.25 bits per heavy atom. The number of amides is 4. The number of fused-ring (bicyclic) bond motifs is 4. The van der Waals surface area contributed by atoms with E-state index in [0.717, 1.165) is 93.0 Å². The second-order valence-corrected chi connectivity index (χ2v) is 22.5. The Hall–Kier alpha value is -6.49. The van der Waals surface area contributed by atoms with Crippen LogP contribution < -0.4 is 20.9 Å². The number of aliphatic hydroxyl groups excluding tert-OH is 1. The van der Waals surface area contributed by atoms with Crippen molar-refractivity contribution in [1.82, 2.24) is 30.8 Å². The smallest absolute Gasteiger partial charge is 0.246 e. The third kappa shape index (κ3) is 12.7. The predicted octanol–water partition coefficient (Wildman–Crippen LogP) is 6.63. The zero-order chi connectivity index (χ0) is 54.3. The molecule has 0 spiro atoms. The van der Waals surface area contributed by atoms with Gasteiger partial charge in [-0.15, -0.1) is 11.3 Å². The number of nitrogens with zero attached hydrogens (tertiary/aromatic N) is 4. The van der Waals surface area contributed by atoms with Gasteiger partial charge in [-0.1, -0.05) is 71.9 Å². The van der Waals surface area contributed by atoms with Crippen LogP contribution in [0.25, 0.3) is 21.3 Å². The number of carbonyl (C=O) groups excluding carboxylic acids is 5. The second-order valence-electron chi connectivity index (χ2n) is 21.7. The number of ketones is 1. The third-order valence-electron chi connectivity index (χ3n) is 14.9. The van der Waals surface area contributed by atoms with Gasteiger partial charge in [0.05, 0.1) is 79.0 Å². The van der Waals surface area contributed by atoms with Crippen LogP contribution in [0.2, 0.25) is 0 Å². The summed E-state index contributed by atoms with van der Waals surface area (Å²) in [7, 11) is 0. The van der Waals surface area contributed by atoms with Crippen molar-refractivity contribution in [2.24, 2.45) is 5.41 Å². The summed E-state index contributed by atoms with van der Waals surface area (Å²) in [6, 6.07) is 18.0. The van der Waals surface area contributed by atoms with Gasteiger partial charge in [0, 0.05) is 84.7 Å². The number of aryl methyl sites for hydroxylation is 2. The van der Waals surface area contributed by atoms with E-state index < -0.39 is 34.9 Å². The first-order valence-electron chi connectivity index (χ1n) is 26.5. The number of aliphatic hydroxyl groups is 1. The summed E-state index contributed by atoms with van der Waals surface area (Å²) < 4.78 is 16.9. The van der Waals surface area contributed by atoms with E-state index in [-0.39, 0.29) is 88.3 Å². The molecule has 2 saturated heterocycles. The quantitative estimate of drug-likeness (QED) is 0.0488. The van der Waals surface area contributed by atoms with Crippen molar-refractivity contribution >= 4 is 57.3 Å². The molecule has 2 aliphatic heterocycles. The average Bonchev–Trinajstić information content (AvgIpc) is 4.16. The van der Waals surface area contributed by atoms with Crippen molar-refractivity contribution in [3.05, 3.63) is 105 Å². The van der Waals surface area contributed by atoms with E-state index in [4.69, 9.17) is 14.2 Å². The highest BCUT2D eigenvalue weighted by molar-refractivity contribution is 7.13. The van der Waals surface area contributed by atoms with Crippen LogP contribution >= 0.6 is 11.3 Å². The van der Waals surface area contributed by atoms with Gasteiger partial charge in [-0.25, -0.2) is 4.98 Å². The van der Waals surface area contributed by atoms with Crippen LogP contribution in [-0.2, 0) is 51.8 Å². The van der Waals surface area contributed by atoms with Gasteiger partial charge in [0.2, 0.25) is 23.6 Å². The lowest BCUT2D eigenvalue weighted by Crippen LogP contribution is -2.57. The highest BCUT2D eigenvalue weighted by atomic mass is 32.1. The highest BCUT2D eigenvalue weighted by Crippen LogP contribution is 2.46. The van der Waals surface area contributed by atoms with Gasteiger partial charge in [-0.2, -0.15) is 5.26 Å². The summed E-state index contributed by atoms with van der Waals surface area (Å²) in [5, 5.41) is 29.9. The Labute approximate surface area is 449 Å². The minimum atomic E-state index is -0.944. The topological polar surface area (TPSA) is 228 Å². The molecule has 4 heterocycles. The summed E-state index contributed by atoms with van der Waals surface area (Å²) in [5.74, 6) is -1.24. The minimum Gasteiger partial charge on any atom is -0.391 e. The molecule has 4 amide bonds. The molecule has 18 heteroatoms. The van der Waals surface area contributed by atoms with E-state index in [9.17, 15) is 34.3 Å². The molecule has 3 aliphatic rings. The summed E-state index contributed by atoms with van der Waals surface area (Å²) in [6.07, 6.45) is 1.82. The molecular formula is C58H72N8O9S. The Balaban J connectivity index is 0.691. The van der Waals surface area contributed by atoms with Crippen molar-refractivity contribution < 1.29 is 43.3 Å². The zero-order valence-electron chi connectivity index (χ0n) is 44.8. The molecule has 1 aliphatic carbocycles. The maximum atomic E-state index is 14.1. The number of hydrogen-bond acceptors (Lipinski definition) is 13. The minimum absolute atomic E-state index is 0.00274. The van der Waals surface area contributed by atoms with Crippen LogP contribution in [0, 0.1) is 23.7 Å². The number of anilines is 1. The highest BCUT2D eigenvalue weighted by Gasteiger charge is 2.45. The van der Waals surface area contributed by atoms with Crippen molar-refractivity contribution in [3.63, 3.8) is 0 Å². The molecule has 2 fully saturated rings. The van der Waals surface area contributed by atoms with Crippen LogP contribution in [0.5, 0.6) is 0 Å². The number of nitriles is 1. The van der Waals surface area contributed by atoms with Crippen LogP contribution in [0.1, 0.15) is 123 Å². The zero-order valence-corrected chi connectivity index (χ0v) is 45.6. The molecule has 0 radical (unpaired) electrons. The fourth-order valence-electron chi connectivity index (χ4n) is 10.6. The molecule has 5 N–H and O–H groups in total. The summed E-state index contributed by atoms with van der Waals surface area (Å²) in [4.78, 5) is 80.2. The van der Waals surface area contributed by atoms with E-state index in [0.29, 0.717) is 24.3 Å². The number of aromatic amines is 1. The summed E-state index contributed by atoms with van der Waals surface area (Å²) in [5.41, 5.74) is 10.4. The Morgan fingerprint density at radius 1 is 0.947 bits per heavy atom. The largest absolute Gasteiger partial charge is 0.391 e. The molecule has 5 aromatic rings. The van der Waals surface area contributed by atoms with Crippen LogP contribution in [0.15, 0.2) is 60.1 Å². The lowest BCUT2D eigenvalue weighted by molar-refractivity contribution is -0.144. The lowest BCUT2D eigenvalue weighted by Gasteiger charge is -2.38. The monoisotopic (exact) mass is 1060 g/mol. The number of ether oxygens (including phenoxy) is 3. The summed E-state index contributed by atoms with van der Waals surface area (Å²) >= 11 is 1.57. The van der Waals surface area contributed by atoms with E-state index in [2.05, 4.69) is 69.8 Å². The van der Waals surface area contributed by atoms with E-state index in [1.54, 1.807) is 23.5 Å². The van der Waals surface area contributed by atoms with Crippen molar-refractivity contribution in [2.45, 2.75) is 123 Å². The fraction of sp³-hybridized carbons (Fsp3) is 0.500. The van der Waals surface area contributed by atoms with Gasteiger partial charge in [0.15, 0.2) is 5.78 Å². The average molecular weight is 1060 g/mol. The molecule has 1 unspecified atom stereocenters. The first-order chi connectivity index (χ1) is 36.4. The van der Waals surface area contributed by atoms with Crippen molar-refractivity contribution in [2.75, 3.05) is 64.2 Å². The first kappa shape index (κ1) is 55.7. The third-order valence-corrected chi connectivity index (χ3v) is 15.9. The van der Waals surface area contributed by atoms with E-state index in [1.165, 1.54) is 4.90 Å². The molecule has 76 heavy (non-hydrogen) atoms. The number of aromatic nitrogens is 2. The van der Waals surface area contributed by atoms with Gasteiger partial charge in [0.1, 0.15) is 12.1 Å². The Kier molecular flexibility index (Phi) is 17.8. The number of carbonyl (C=O) groups is 5. The number of piperidine rings is 1. The molecule has 0 saturated carbocycles. The number of likely N-dealkylation sites (tertiary alicyclic amines) is 1. The van der Waals surface area contributed by atoms with Gasteiger partial charge in [0.25, 0.3) is 0 Å². The fourth-order valence-corrected chi connectivity index (χ4v) is 11.4. The maximum Gasteiger partial charge on any atom is 0.246 e. The number of β-amino-alcohol motifs (C(OH)–C–C–N with tert-alkyl or cyclic N) is 1. The van der Waals surface area contributed by atoms with Crippen LogP contribution in [0.3, 0.4) is 0 Å². The molecule has 0 bridgehead atoms. The summed E-state index contributed by atoms with van der Waals surface area (Å²) in [6.45, 7) is 17.2. The molecule has 3 atom stereocenters. The van der Waals surface area contributed by atoms with Crippen LogP contribution in [-0.4, -0.2) is 133 Å². The van der Waals surface area contributed by atoms with E-state index in [1.807, 2.05) is 63.5 Å². The number of benzene rings is 3. The van der Waals surface area contributed by atoms with Crippen molar-refractivity contribution in [3.8, 4) is 16.5 Å². The molecule has 404 valence electrons. The van der Waals surface area contributed by atoms with Gasteiger partial charge in [-0.05, 0) is 78.1 Å². The Bertz CT molecular complexity index is 2960. The number of nitrogens with one attached hydrogen (secondary N) is 4. The maximum absolute atomic E-state index is 14.1. The van der Waals surface area contributed by atoms with Gasteiger partial charge < -0.3 is 50.1 Å². The molecular weight excluding hydrogens is 985 g/mol. The molecule has 2 aromatic heterocycles. The standard InChI is InChI=1S/C58H72N8O9S/c1-8-38-28-43-44(58(6,7)53-50(51(43)70)42-14-11-37(31-59)27-45(42)63-53)30-46(38)65-19-15-40(16-20-65)62-48(68)17-21-73-23-25-75-26-24-74-22-18-49(69)64-54(57(3,4)5)56(72)66-33-41(67)29-47(66)55(71)60-32-36-9-12-39(13-10-36)52-35(2)61-34-76-52/h9-14,27-28,30,34,40-41,47,54,63,67H,8,15-26,29,32-33H2,1-7H3,(H,60,71)(H,62,68)(H,64,69)/t41-,47+,54?/m1/s1. The molecule has 17 nitrogen and oxygen atoms in total. The Morgan fingerprint density at radius 2 is 1.62 bits per heavy atom. The number of hydrogen-bond donors (Lipinski definition) is 5. The first-order valence-corrected chi connectivity index (χ1v) is 27.4. The van der Waals surface area contributed by atoms with Crippen LogP contribution in [0.4, 0.5) is 5.69 Å². The lowest BCUT2D eigenvalue weighted by atomic mass is 9.70. The van der Waals surface area contributed by atoms with Crippen molar-refractivity contribution in [1.29, 1.82) is 5.26 Å². The molecule has 3 aromatic carbocycles. The van der Waals surface area contributed by atoms with Gasteiger partial charge >= 0.3 is 0 Å². The normalized spacial score (nSPS) is 17.8. The number of thiazole rings is 1. The number of H-pyrrole nitrogens is 1. The number of rotatable bonds is 21. The van der Waals surface area contributed by atoms with E-state index >= 15 is 0 Å². The predicted molar refractivity (Wildman–Crippen MR) is 291 cm³/mol. The SMILES string of the molecule is CCc1cc2c(cc1N1CCC(NC(=O)CCOCCOCCOCCC(=O)NC(C(=O)N3C[C@H](O)C[C@H]3C(=O)NCc3ccc(-c4scnc4C)cc3)C(C)(C)C)CC1)C(C)(C)c1[nH]c3cc(C#N)ccc3c1C2=O. The van der Waals surface area contributed by atoms with Gasteiger partial charge in [-0.3, -0.25) is 24.0 Å². The molecule has 8 rings (SSSR count). The second kappa shape index (κ2) is 24.2.